The molecule has 0 spiro atoms. The Balaban J connectivity index is 2.26. The van der Waals surface area contributed by atoms with Crippen LogP contribution in [-0.2, 0) is 10.3 Å². The molecule has 1 saturated heterocycles. The smallest absolute Gasteiger partial charge is 0.0900 e. The van der Waals surface area contributed by atoms with Gasteiger partial charge in [-0.25, -0.2) is 0 Å². The van der Waals surface area contributed by atoms with E-state index in [1.54, 1.807) is 0 Å². The third-order valence-corrected chi connectivity index (χ3v) is 3.71. The van der Waals surface area contributed by atoms with E-state index >= 15 is 0 Å². The van der Waals surface area contributed by atoms with Gasteiger partial charge in [-0.2, -0.15) is 0 Å². The van der Waals surface area contributed by atoms with Crippen molar-refractivity contribution in [1.29, 1.82) is 0 Å². The van der Waals surface area contributed by atoms with Gasteiger partial charge in [-0.1, -0.05) is 24.3 Å². The van der Waals surface area contributed by atoms with Crippen molar-refractivity contribution in [2.75, 3.05) is 13.2 Å². The lowest BCUT2D eigenvalue weighted by molar-refractivity contribution is -0.0583. The highest BCUT2D eigenvalue weighted by Gasteiger charge is 2.35. The molecule has 1 atom stereocenters. The van der Waals surface area contributed by atoms with E-state index in [0.29, 0.717) is 5.92 Å². The Hall–Kier alpha value is -0.860. The van der Waals surface area contributed by atoms with E-state index in [1.807, 2.05) is 25.1 Å². The highest BCUT2D eigenvalue weighted by Crippen LogP contribution is 2.36. The van der Waals surface area contributed by atoms with Crippen LogP contribution in [0.2, 0.25) is 0 Å². The topological polar surface area (TPSA) is 29.5 Å². The summed E-state index contributed by atoms with van der Waals surface area (Å²) < 4.78 is 5.35. The fraction of sp³-hybridized carbons (Fsp3) is 0.571. The Morgan fingerprint density at radius 1 is 1.25 bits per heavy atom. The SMILES string of the molecule is Cc1ccccc1C(C)(O)C1CCOCC1. The Kier molecular flexibility index (Phi) is 3.31. The third kappa shape index (κ3) is 2.13. The van der Waals surface area contributed by atoms with Gasteiger partial charge in [-0.3, -0.25) is 0 Å². The molecule has 1 aromatic rings. The monoisotopic (exact) mass is 220 g/mol. The molecule has 88 valence electrons. The van der Waals surface area contributed by atoms with Crippen molar-refractivity contribution in [3.05, 3.63) is 35.4 Å². The predicted octanol–water partition coefficient (Wildman–Crippen LogP) is 2.63. The van der Waals surface area contributed by atoms with E-state index in [1.165, 1.54) is 5.56 Å². The van der Waals surface area contributed by atoms with E-state index in [4.69, 9.17) is 4.74 Å². The molecule has 1 fully saturated rings. The number of benzene rings is 1. The van der Waals surface area contributed by atoms with Crippen molar-refractivity contribution < 1.29 is 9.84 Å². The number of aliphatic hydroxyl groups is 1. The second-order valence-corrected chi connectivity index (χ2v) is 4.85. The van der Waals surface area contributed by atoms with E-state index < -0.39 is 5.60 Å². The molecule has 1 N–H and O–H groups in total. The van der Waals surface area contributed by atoms with Crippen molar-refractivity contribution in [3.8, 4) is 0 Å². The highest BCUT2D eigenvalue weighted by atomic mass is 16.5. The van der Waals surface area contributed by atoms with Crippen LogP contribution in [0.1, 0.15) is 30.9 Å². The zero-order chi connectivity index (χ0) is 11.6. The van der Waals surface area contributed by atoms with Gasteiger partial charge in [0.25, 0.3) is 0 Å². The zero-order valence-corrected chi connectivity index (χ0v) is 10.1. The number of aryl methyl sites for hydroxylation is 1. The molecular formula is C14H20O2. The summed E-state index contributed by atoms with van der Waals surface area (Å²) in [5, 5.41) is 10.7. The van der Waals surface area contributed by atoms with Gasteiger partial charge in [-0.05, 0) is 43.7 Å². The molecular weight excluding hydrogens is 200 g/mol. The number of rotatable bonds is 2. The molecule has 1 aliphatic heterocycles. The van der Waals surface area contributed by atoms with E-state index in [9.17, 15) is 5.11 Å². The van der Waals surface area contributed by atoms with E-state index in [-0.39, 0.29) is 0 Å². The summed E-state index contributed by atoms with van der Waals surface area (Å²) in [6.45, 7) is 5.54. The molecule has 1 unspecified atom stereocenters. The summed E-state index contributed by atoms with van der Waals surface area (Å²) in [4.78, 5) is 0. The average Bonchev–Trinajstić information content (AvgIpc) is 2.30. The van der Waals surface area contributed by atoms with Gasteiger partial charge in [0, 0.05) is 13.2 Å². The van der Waals surface area contributed by atoms with Gasteiger partial charge >= 0.3 is 0 Å². The molecule has 0 radical (unpaired) electrons. The molecule has 2 heteroatoms. The van der Waals surface area contributed by atoms with Gasteiger partial charge in [0.1, 0.15) is 0 Å². The molecule has 2 rings (SSSR count). The Labute approximate surface area is 97.3 Å². The van der Waals surface area contributed by atoms with E-state index in [0.717, 1.165) is 31.6 Å². The standard InChI is InChI=1S/C14H20O2/c1-11-5-3-4-6-13(11)14(2,15)12-7-9-16-10-8-12/h3-6,12,15H,7-10H2,1-2H3. The summed E-state index contributed by atoms with van der Waals surface area (Å²) >= 11 is 0. The molecule has 0 bridgehead atoms. The number of hydrogen-bond acceptors (Lipinski definition) is 2. The largest absolute Gasteiger partial charge is 0.385 e. The van der Waals surface area contributed by atoms with Crippen LogP contribution in [0.5, 0.6) is 0 Å². The highest BCUT2D eigenvalue weighted by molar-refractivity contribution is 5.31. The van der Waals surface area contributed by atoms with Crippen molar-refractivity contribution in [3.63, 3.8) is 0 Å². The van der Waals surface area contributed by atoms with Gasteiger partial charge in [0.05, 0.1) is 5.60 Å². The van der Waals surface area contributed by atoms with Gasteiger partial charge in [0.15, 0.2) is 0 Å². The minimum Gasteiger partial charge on any atom is -0.385 e. The Bertz CT molecular complexity index is 352. The van der Waals surface area contributed by atoms with Gasteiger partial charge < -0.3 is 9.84 Å². The second kappa shape index (κ2) is 4.56. The molecule has 1 aromatic carbocycles. The summed E-state index contributed by atoms with van der Waals surface area (Å²) in [5.41, 5.74) is 1.50. The summed E-state index contributed by atoms with van der Waals surface area (Å²) in [7, 11) is 0. The quantitative estimate of drug-likeness (QED) is 0.830. The first kappa shape index (κ1) is 11.6. The van der Waals surface area contributed by atoms with E-state index in [2.05, 4.69) is 13.0 Å². The maximum absolute atomic E-state index is 10.7. The Morgan fingerprint density at radius 2 is 1.88 bits per heavy atom. The predicted molar refractivity (Wildman–Crippen MR) is 64.3 cm³/mol. The summed E-state index contributed by atoms with van der Waals surface area (Å²) in [6, 6.07) is 8.10. The summed E-state index contributed by atoms with van der Waals surface area (Å²) in [6.07, 6.45) is 1.89. The lowest BCUT2D eigenvalue weighted by Crippen LogP contribution is -2.36. The maximum atomic E-state index is 10.7. The van der Waals surface area contributed by atoms with Crippen molar-refractivity contribution in [2.45, 2.75) is 32.3 Å². The van der Waals surface area contributed by atoms with Crippen LogP contribution in [0.3, 0.4) is 0 Å². The van der Waals surface area contributed by atoms with Gasteiger partial charge in [0.2, 0.25) is 0 Å². The van der Waals surface area contributed by atoms with Crippen LogP contribution in [0.4, 0.5) is 0 Å². The fourth-order valence-electron chi connectivity index (χ4n) is 2.62. The van der Waals surface area contributed by atoms with Crippen LogP contribution in [0, 0.1) is 12.8 Å². The molecule has 0 amide bonds. The average molecular weight is 220 g/mol. The minimum absolute atomic E-state index is 0.308. The lowest BCUT2D eigenvalue weighted by Gasteiger charge is -2.36. The maximum Gasteiger partial charge on any atom is 0.0900 e. The van der Waals surface area contributed by atoms with Crippen LogP contribution in [0.25, 0.3) is 0 Å². The van der Waals surface area contributed by atoms with Crippen LogP contribution in [0.15, 0.2) is 24.3 Å². The zero-order valence-electron chi connectivity index (χ0n) is 10.1. The van der Waals surface area contributed by atoms with Gasteiger partial charge in [-0.15, -0.1) is 0 Å². The molecule has 1 aliphatic rings. The lowest BCUT2D eigenvalue weighted by atomic mass is 9.77. The first-order valence-electron chi connectivity index (χ1n) is 5.98. The van der Waals surface area contributed by atoms with Crippen LogP contribution >= 0.6 is 0 Å². The third-order valence-electron chi connectivity index (χ3n) is 3.71. The Morgan fingerprint density at radius 3 is 2.50 bits per heavy atom. The van der Waals surface area contributed by atoms with Crippen molar-refractivity contribution >= 4 is 0 Å². The molecule has 0 aromatic heterocycles. The molecule has 2 nitrogen and oxygen atoms in total. The fourth-order valence-corrected chi connectivity index (χ4v) is 2.62. The first-order chi connectivity index (χ1) is 7.62. The van der Waals surface area contributed by atoms with Crippen molar-refractivity contribution in [1.82, 2.24) is 0 Å². The van der Waals surface area contributed by atoms with Crippen LogP contribution in [-0.4, -0.2) is 18.3 Å². The normalized spacial score (nSPS) is 21.7. The number of hydrogen-bond donors (Lipinski definition) is 1. The minimum atomic E-state index is -0.727. The first-order valence-corrected chi connectivity index (χ1v) is 5.98. The molecule has 0 aliphatic carbocycles. The van der Waals surface area contributed by atoms with Crippen molar-refractivity contribution in [2.24, 2.45) is 5.92 Å². The molecule has 16 heavy (non-hydrogen) atoms. The second-order valence-electron chi connectivity index (χ2n) is 4.85. The number of ether oxygens (including phenoxy) is 1. The molecule has 0 saturated carbocycles. The van der Waals surface area contributed by atoms with Crippen LogP contribution < -0.4 is 0 Å². The molecule has 1 heterocycles. The summed E-state index contributed by atoms with van der Waals surface area (Å²) in [5.74, 6) is 0.308.